The van der Waals surface area contributed by atoms with E-state index in [2.05, 4.69) is 4.98 Å². The Balaban J connectivity index is 3.39. The first-order valence-corrected chi connectivity index (χ1v) is 3.75. The maximum absolute atomic E-state index is 11.3. The number of nitrogens with zero attached hydrogens (tertiary/aromatic N) is 2. The fraction of sp³-hybridized carbons (Fsp3) is 0.500. The zero-order chi connectivity index (χ0) is 9.30. The third kappa shape index (κ3) is 1.25. The van der Waals surface area contributed by atoms with Crippen LogP contribution in [0.25, 0.3) is 0 Å². The summed E-state index contributed by atoms with van der Waals surface area (Å²) in [6.45, 7) is 4.93. The Morgan fingerprint density at radius 3 is 2.42 bits per heavy atom. The lowest BCUT2D eigenvalue weighted by Gasteiger charge is -2.08. The molecule has 12 heavy (non-hydrogen) atoms. The second-order valence-electron chi connectivity index (χ2n) is 2.77. The van der Waals surface area contributed by atoms with Crippen LogP contribution in [0.2, 0.25) is 0 Å². The van der Waals surface area contributed by atoms with E-state index >= 15 is 0 Å². The second kappa shape index (κ2) is 3.06. The highest BCUT2D eigenvalue weighted by molar-refractivity contribution is 5.10. The monoisotopic (exact) mass is 168 g/mol. The van der Waals surface area contributed by atoms with Crippen molar-refractivity contribution in [3.05, 3.63) is 28.0 Å². The summed E-state index contributed by atoms with van der Waals surface area (Å²) in [4.78, 5) is 4.08. The van der Waals surface area contributed by atoms with Crippen LogP contribution in [0.15, 0.2) is 0 Å². The van der Waals surface area contributed by atoms with Gasteiger partial charge in [0.1, 0.15) is 11.4 Å². The van der Waals surface area contributed by atoms with Gasteiger partial charge in [0.2, 0.25) is 11.4 Å². The van der Waals surface area contributed by atoms with Crippen LogP contribution in [-0.2, 0) is 6.61 Å². The van der Waals surface area contributed by atoms with Crippen LogP contribution >= 0.6 is 0 Å². The smallest absolute Gasteiger partial charge is 0.213 e. The van der Waals surface area contributed by atoms with Crippen molar-refractivity contribution in [3.63, 3.8) is 0 Å². The quantitative estimate of drug-likeness (QED) is 0.479. The Morgan fingerprint density at radius 1 is 1.33 bits per heavy atom. The minimum absolute atomic E-state index is 0.185. The third-order valence-corrected chi connectivity index (χ3v) is 2.00. The number of hydrogen-bond acceptors (Lipinski definition) is 3. The molecule has 0 aliphatic heterocycles. The molecule has 0 fully saturated rings. The maximum Gasteiger partial charge on any atom is 0.213 e. The lowest BCUT2D eigenvalue weighted by Crippen LogP contribution is -2.36. The summed E-state index contributed by atoms with van der Waals surface area (Å²) in [5.41, 5.74) is 2.18. The molecule has 0 unspecified atom stereocenters. The summed E-state index contributed by atoms with van der Waals surface area (Å²) in [5, 5.41) is 20.2. The maximum atomic E-state index is 11.3. The summed E-state index contributed by atoms with van der Waals surface area (Å²) in [6, 6.07) is 0. The predicted molar refractivity (Wildman–Crippen MR) is 43.3 cm³/mol. The van der Waals surface area contributed by atoms with Gasteiger partial charge in [0, 0.05) is 13.8 Å². The lowest BCUT2D eigenvalue weighted by molar-refractivity contribution is -0.620. The first-order valence-electron chi connectivity index (χ1n) is 3.75. The molecule has 1 rings (SSSR count). The summed E-state index contributed by atoms with van der Waals surface area (Å²) >= 11 is 0. The van der Waals surface area contributed by atoms with Gasteiger partial charge in [-0.3, -0.25) is 0 Å². The number of hydrogen-bond donors (Lipinski definition) is 1. The fourth-order valence-corrected chi connectivity index (χ4v) is 1.03. The molecular formula is C8H12N2O2. The molecule has 1 heterocycles. The van der Waals surface area contributed by atoms with Crippen molar-refractivity contribution in [2.45, 2.75) is 27.4 Å². The zero-order valence-electron chi connectivity index (χ0n) is 7.46. The van der Waals surface area contributed by atoms with E-state index in [9.17, 15) is 5.21 Å². The van der Waals surface area contributed by atoms with Crippen LogP contribution in [-0.4, -0.2) is 10.1 Å². The Bertz CT molecular complexity index is 310. The van der Waals surface area contributed by atoms with Gasteiger partial charge >= 0.3 is 0 Å². The van der Waals surface area contributed by atoms with Gasteiger partial charge in [-0.15, -0.1) is 0 Å². The van der Waals surface area contributed by atoms with E-state index in [4.69, 9.17) is 5.11 Å². The van der Waals surface area contributed by atoms with Crippen molar-refractivity contribution in [1.29, 1.82) is 0 Å². The lowest BCUT2D eigenvalue weighted by atomic mass is 10.2. The fourth-order valence-electron chi connectivity index (χ4n) is 1.03. The molecule has 4 nitrogen and oxygen atoms in total. The third-order valence-electron chi connectivity index (χ3n) is 2.00. The Morgan fingerprint density at radius 2 is 1.92 bits per heavy atom. The molecule has 0 spiro atoms. The highest BCUT2D eigenvalue weighted by Gasteiger charge is 2.13. The highest BCUT2D eigenvalue weighted by atomic mass is 16.5. The first kappa shape index (κ1) is 8.93. The first-order chi connectivity index (χ1) is 5.57. The highest BCUT2D eigenvalue weighted by Crippen LogP contribution is 2.04. The summed E-state index contributed by atoms with van der Waals surface area (Å²) in [6.07, 6.45) is 0. The van der Waals surface area contributed by atoms with Crippen molar-refractivity contribution < 1.29 is 9.84 Å². The van der Waals surface area contributed by atoms with Gasteiger partial charge < -0.3 is 10.3 Å². The molecule has 1 aromatic heterocycles. The molecule has 0 aliphatic rings. The van der Waals surface area contributed by atoms with E-state index in [-0.39, 0.29) is 6.61 Å². The Labute approximate surface area is 71.1 Å². The van der Waals surface area contributed by atoms with Gasteiger partial charge in [-0.1, -0.05) is 0 Å². The Hall–Kier alpha value is -1.16. The summed E-state index contributed by atoms with van der Waals surface area (Å²) < 4.78 is 0.799. The van der Waals surface area contributed by atoms with Crippen molar-refractivity contribution in [2.24, 2.45) is 0 Å². The van der Waals surface area contributed by atoms with Crippen LogP contribution in [0.3, 0.4) is 0 Å². The number of aliphatic hydroxyl groups is 1. The Kier molecular flexibility index (Phi) is 2.28. The molecule has 66 valence electrons. The topological polar surface area (TPSA) is 60.1 Å². The zero-order valence-corrected chi connectivity index (χ0v) is 7.46. The second-order valence-corrected chi connectivity index (χ2v) is 2.77. The number of aliphatic hydroxyl groups excluding tert-OH is 1. The van der Waals surface area contributed by atoms with Gasteiger partial charge in [-0.25, -0.2) is 4.98 Å². The van der Waals surface area contributed by atoms with Crippen LogP contribution in [0, 0.1) is 26.0 Å². The van der Waals surface area contributed by atoms with Crippen molar-refractivity contribution in [3.8, 4) is 0 Å². The van der Waals surface area contributed by atoms with Crippen LogP contribution in [0.4, 0.5) is 0 Å². The molecule has 1 aromatic rings. The average Bonchev–Trinajstić information content (AvgIpc) is 2.08. The molecular weight excluding hydrogens is 156 g/mol. The molecule has 0 aliphatic carbocycles. The van der Waals surface area contributed by atoms with E-state index in [1.165, 1.54) is 0 Å². The minimum atomic E-state index is -0.185. The predicted octanol–water partition coefficient (Wildman–Crippen LogP) is 0.133. The molecule has 0 saturated heterocycles. The average molecular weight is 168 g/mol. The number of rotatable bonds is 1. The number of aryl methyl sites for hydroxylation is 1. The number of aromatic nitrogens is 2. The van der Waals surface area contributed by atoms with Crippen molar-refractivity contribution >= 4 is 0 Å². The molecule has 0 saturated carbocycles. The van der Waals surface area contributed by atoms with E-state index < -0.39 is 0 Å². The van der Waals surface area contributed by atoms with Crippen LogP contribution in [0.5, 0.6) is 0 Å². The van der Waals surface area contributed by atoms with E-state index in [1.54, 1.807) is 20.8 Å². The standard InChI is InChI=1S/C8H12N2O2/c1-5-6(2)10(12)7(3)8(4-11)9-5/h11H,4H2,1-3H3. The van der Waals surface area contributed by atoms with Gasteiger partial charge in [0.05, 0.1) is 6.61 Å². The van der Waals surface area contributed by atoms with E-state index in [0.717, 1.165) is 4.73 Å². The van der Waals surface area contributed by atoms with Gasteiger partial charge in [0.25, 0.3) is 0 Å². The molecule has 0 radical (unpaired) electrons. The summed E-state index contributed by atoms with van der Waals surface area (Å²) in [7, 11) is 0. The van der Waals surface area contributed by atoms with E-state index in [0.29, 0.717) is 22.8 Å². The molecule has 0 aromatic carbocycles. The molecule has 4 heteroatoms. The molecule has 0 amide bonds. The van der Waals surface area contributed by atoms with Crippen molar-refractivity contribution in [1.82, 2.24) is 4.98 Å². The van der Waals surface area contributed by atoms with Gasteiger partial charge in [-0.05, 0) is 6.92 Å². The van der Waals surface area contributed by atoms with Gasteiger partial charge in [-0.2, -0.15) is 4.73 Å². The van der Waals surface area contributed by atoms with Gasteiger partial charge in [0.15, 0.2) is 0 Å². The normalized spacial score (nSPS) is 10.3. The van der Waals surface area contributed by atoms with Crippen LogP contribution in [0.1, 0.15) is 22.8 Å². The molecule has 0 bridgehead atoms. The molecule has 1 N–H and O–H groups in total. The largest absolute Gasteiger partial charge is 0.618 e. The summed E-state index contributed by atoms with van der Waals surface area (Å²) in [5.74, 6) is 0. The van der Waals surface area contributed by atoms with E-state index in [1.807, 2.05) is 0 Å². The molecule has 0 atom stereocenters. The SMILES string of the molecule is Cc1nc(CO)c(C)[n+]([O-])c1C. The van der Waals surface area contributed by atoms with Crippen LogP contribution < -0.4 is 4.73 Å². The minimum Gasteiger partial charge on any atom is -0.618 e. The van der Waals surface area contributed by atoms with Crippen molar-refractivity contribution in [2.75, 3.05) is 0 Å².